The standard InChI is InChI=1S/C19H16N4OS/c1-12-2-3-13(10-21-12)8-14-9-16(22-15-4-7-25-17(14)15)18(24)23-19(11-20)5-6-19/h2-4,7,9-10H,5-6,8H2,1H3,(H,23,24). The molecule has 0 radical (unpaired) electrons. The van der Waals surface area contributed by atoms with Crippen LogP contribution in [-0.2, 0) is 6.42 Å². The third-order valence-corrected chi connectivity index (χ3v) is 5.38. The van der Waals surface area contributed by atoms with Crippen LogP contribution in [0.1, 0.15) is 40.2 Å². The zero-order valence-electron chi connectivity index (χ0n) is 13.7. The summed E-state index contributed by atoms with van der Waals surface area (Å²) in [6, 6.07) is 9.97. The van der Waals surface area contributed by atoms with Gasteiger partial charge in [-0.3, -0.25) is 9.78 Å². The van der Waals surface area contributed by atoms with E-state index in [0.29, 0.717) is 25.0 Å². The second-order valence-electron chi connectivity index (χ2n) is 6.43. The molecule has 4 rings (SSSR count). The second kappa shape index (κ2) is 5.94. The van der Waals surface area contributed by atoms with Crippen LogP contribution in [-0.4, -0.2) is 21.4 Å². The predicted octanol–water partition coefficient (Wildman–Crippen LogP) is 3.38. The highest BCUT2D eigenvalue weighted by molar-refractivity contribution is 7.17. The maximum absolute atomic E-state index is 12.5. The first-order valence-corrected chi connectivity index (χ1v) is 8.99. The van der Waals surface area contributed by atoms with Crippen molar-refractivity contribution >= 4 is 27.5 Å². The van der Waals surface area contributed by atoms with Crippen LogP contribution in [0.4, 0.5) is 0 Å². The van der Waals surface area contributed by atoms with E-state index in [2.05, 4.69) is 27.4 Å². The molecule has 3 heterocycles. The zero-order valence-corrected chi connectivity index (χ0v) is 14.6. The summed E-state index contributed by atoms with van der Waals surface area (Å²) in [5.74, 6) is -0.282. The molecule has 124 valence electrons. The molecule has 5 nitrogen and oxygen atoms in total. The van der Waals surface area contributed by atoms with Crippen LogP contribution >= 0.6 is 11.3 Å². The maximum Gasteiger partial charge on any atom is 0.271 e. The molecular formula is C19H16N4OS. The number of nitrogens with one attached hydrogen (secondary N) is 1. The molecule has 1 N–H and O–H groups in total. The summed E-state index contributed by atoms with van der Waals surface area (Å²) in [5, 5.41) is 14.0. The molecule has 0 aromatic carbocycles. The van der Waals surface area contributed by atoms with Gasteiger partial charge < -0.3 is 5.32 Å². The van der Waals surface area contributed by atoms with Crippen molar-refractivity contribution in [2.45, 2.75) is 31.7 Å². The highest BCUT2D eigenvalue weighted by Gasteiger charge is 2.45. The molecule has 3 aromatic rings. The van der Waals surface area contributed by atoms with E-state index in [1.165, 1.54) is 0 Å². The van der Waals surface area contributed by atoms with Gasteiger partial charge in [0.15, 0.2) is 0 Å². The van der Waals surface area contributed by atoms with Crippen molar-refractivity contribution in [1.82, 2.24) is 15.3 Å². The molecule has 1 saturated carbocycles. The number of thiophene rings is 1. The maximum atomic E-state index is 12.5. The number of pyridine rings is 2. The third kappa shape index (κ3) is 3.11. The quantitative estimate of drug-likeness (QED) is 0.784. The average molecular weight is 348 g/mol. The molecule has 0 atom stereocenters. The largest absolute Gasteiger partial charge is 0.332 e. The summed E-state index contributed by atoms with van der Waals surface area (Å²) < 4.78 is 1.08. The van der Waals surface area contributed by atoms with E-state index in [4.69, 9.17) is 0 Å². The molecule has 25 heavy (non-hydrogen) atoms. The van der Waals surface area contributed by atoms with Gasteiger partial charge in [-0.25, -0.2) is 4.98 Å². The fraction of sp³-hybridized carbons (Fsp3) is 0.263. The van der Waals surface area contributed by atoms with E-state index >= 15 is 0 Å². The molecule has 0 bridgehead atoms. The summed E-state index contributed by atoms with van der Waals surface area (Å²) in [7, 11) is 0. The number of carbonyl (C=O) groups is 1. The number of amides is 1. The number of carbonyl (C=O) groups excluding carboxylic acids is 1. The summed E-state index contributed by atoms with van der Waals surface area (Å²) in [4.78, 5) is 21.4. The van der Waals surface area contributed by atoms with Gasteiger partial charge in [0.05, 0.1) is 16.3 Å². The van der Waals surface area contributed by atoms with Gasteiger partial charge in [-0.1, -0.05) is 6.07 Å². The van der Waals surface area contributed by atoms with E-state index in [9.17, 15) is 10.1 Å². The lowest BCUT2D eigenvalue weighted by molar-refractivity contribution is 0.0937. The summed E-state index contributed by atoms with van der Waals surface area (Å²) in [5.41, 5.74) is 3.61. The first-order valence-electron chi connectivity index (χ1n) is 8.11. The highest BCUT2D eigenvalue weighted by atomic mass is 32.1. The normalized spacial score (nSPS) is 14.9. The minimum Gasteiger partial charge on any atom is -0.332 e. The molecule has 1 aliphatic carbocycles. The van der Waals surface area contributed by atoms with E-state index in [1.54, 1.807) is 11.3 Å². The van der Waals surface area contributed by atoms with Crippen LogP contribution in [0.3, 0.4) is 0 Å². The Morgan fingerprint density at radius 3 is 2.92 bits per heavy atom. The van der Waals surface area contributed by atoms with Crippen molar-refractivity contribution in [3.8, 4) is 6.07 Å². The van der Waals surface area contributed by atoms with Crippen molar-refractivity contribution in [3.05, 3.63) is 58.4 Å². The van der Waals surface area contributed by atoms with Crippen LogP contribution in [0, 0.1) is 18.3 Å². The monoisotopic (exact) mass is 348 g/mol. The lowest BCUT2D eigenvalue weighted by Gasteiger charge is -2.10. The molecule has 3 aromatic heterocycles. The minimum absolute atomic E-state index is 0.282. The third-order valence-electron chi connectivity index (χ3n) is 4.40. The minimum atomic E-state index is -0.691. The van der Waals surface area contributed by atoms with E-state index in [-0.39, 0.29) is 5.91 Å². The molecule has 1 amide bonds. The summed E-state index contributed by atoms with van der Waals surface area (Å²) >= 11 is 1.62. The van der Waals surface area contributed by atoms with Crippen molar-refractivity contribution in [2.24, 2.45) is 0 Å². The summed E-state index contributed by atoms with van der Waals surface area (Å²) in [6.07, 6.45) is 3.97. The SMILES string of the molecule is Cc1ccc(Cc2cc(C(=O)NC3(C#N)CC3)nc3ccsc23)cn1. The number of aryl methyl sites for hydroxylation is 1. The zero-order chi connectivity index (χ0) is 17.4. The van der Waals surface area contributed by atoms with Gasteiger partial charge in [-0.05, 0) is 54.5 Å². The van der Waals surface area contributed by atoms with Crippen LogP contribution in [0.5, 0.6) is 0 Å². The Morgan fingerprint density at radius 2 is 2.24 bits per heavy atom. The van der Waals surface area contributed by atoms with Crippen LogP contribution in [0.2, 0.25) is 0 Å². The molecule has 1 fully saturated rings. The lowest BCUT2D eigenvalue weighted by atomic mass is 10.1. The number of fused-ring (bicyclic) bond motifs is 1. The lowest BCUT2D eigenvalue weighted by Crippen LogP contribution is -2.36. The molecular weight excluding hydrogens is 332 g/mol. The van der Waals surface area contributed by atoms with Crippen molar-refractivity contribution < 1.29 is 4.79 Å². The molecule has 0 spiro atoms. The topological polar surface area (TPSA) is 78.7 Å². The first kappa shape index (κ1) is 15.7. The number of hydrogen-bond acceptors (Lipinski definition) is 5. The fourth-order valence-corrected chi connectivity index (χ4v) is 3.62. The molecule has 0 saturated heterocycles. The van der Waals surface area contributed by atoms with E-state index in [0.717, 1.165) is 27.0 Å². The van der Waals surface area contributed by atoms with Gasteiger partial charge in [-0.15, -0.1) is 11.3 Å². The average Bonchev–Trinajstić information content (AvgIpc) is 3.22. The Hall–Kier alpha value is -2.78. The number of nitrogens with zero attached hydrogens (tertiary/aromatic N) is 3. The Kier molecular flexibility index (Phi) is 3.74. The summed E-state index contributed by atoms with van der Waals surface area (Å²) in [6.45, 7) is 1.96. The van der Waals surface area contributed by atoms with Gasteiger partial charge >= 0.3 is 0 Å². The van der Waals surface area contributed by atoms with Crippen molar-refractivity contribution in [1.29, 1.82) is 5.26 Å². The molecule has 0 aliphatic heterocycles. The fourth-order valence-electron chi connectivity index (χ4n) is 2.77. The van der Waals surface area contributed by atoms with Crippen LogP contribution in [0.25, 0.3) is 10.2 Å². The van der Waals surface area contributed by atoms with Crippen LogP contribution in [0.15, 0.2) is 35.8 Å². The van der Waals surface area contributed by atoms with Gasteiger partial charge in [-0.2, -0.15) is 5.26 Å². The van der Waals surface area contributed by atoms with Crippen molar-refractivity contribution in [3.63, 3.8) is 0 Å². The smallest absolute Gasteiger partial charge is 0.271 e. The van der Waals surface area contributed by atoms with Gasteiger partial charge in [0, 0.05) is 18.3 Å². The van der Waals surface area contributed by atoms with Crippen molar-refractivity contribution in [2.75, 3.05) is 0 Å². The van der Waals surface area contributed by atoms with Gasteiger partial charge in [0.1, 0.15) is 11.2 Å². The first-order chi connectivity index (χ1) is 12.1. The number of rotatable bonds is 4. The van der Waals surface area contributed by atoms with Gasteiger partial charge in [0.25, 0.3) is 5.91 Å². The van der Waals surface area contributed by atoms with Crippen LogP contribution < -0.4 is 5.32 Å². The molecule has 1 aliphatic rings. The predicted molar refractivity (Wildman–Crippen MR) is 96.4 cm³/mol. The number of hydrogen-bond donors (Lipinski definition) is 1. The number of aromatic nitrogens is 2. The number of nitriles is 1. The Balaban J connectivity index is 1.68. The Labute approximate surface area is 149 Å². The van der Waals surface area contributed by atoms with E-state index in [1.807, 2.05) is 36.7 Å². The second-order valence-corrected chi connectivity index (χ2v) is 7.35. The highest BCUT2D eigenvalue weighted by Crippen LogP contribution is 2.35. The Morgan fingerprint density at radius 1 is 1.40 bits per heavy atom. The Bertz CT molecular complexity index is 996. The molecule has 6 heteroatoms. The molecule has 0 unspecified atom stereocenters. The van der Waals surface area contributed by atoms with E-state index < -0.39 is 5.54 Å². The van der Waals surface area contributed by atoms with Gasteiger partial charge in [0.2, 0.25) is 0 Å².